The summed E-state index contributed by atoms with van der Waals surface area (Å²) < 4.78 is 5.42. The van der Waals surface area contributed by atoms with Crippen LogP contribution in [-0.4, -0.2) is 6.10 Å². The Bertz CT molecular complexity index is 353. The Morgan fingerprint density at radius 2 is 2.21 bits per heavy atom. The molecule has 0 aliphatic heterocycles. The monoisotopic (exact) mass is 190 g/mol. The van der Waals surface area contributed by atoms with Crippen molar-refractivity contribution in [3.8, 4) is 6.07 Å². The first-order valence-corrected chi connectivity index (χ1v) is 4.54. The lowest BCUT2D eigenvalue weighted by Gasteiger charge is -2.10. The van der Waals surface area contributed by atoms with Gasteiger partial charge in [-0.15, -0.1) is 0 Å². The molecular formula is C11H14N2O. The molecule has 0 spiro atoms. The number of nitriles is 1. The molecule has 14 heavy (non-hydrogen) atoms. The highest BCUT2D eigenvalue weighted by atomic mass is 16.5. The Labute approximate surface area is 84.1 Å². The maximum Gasteiger partial charge on any atom is 0.101 e. The highest BCUT2D eigenvalue weighted by Gasteiger charge is 2.04. The Balaban J connectivity index is 2.83. The van der Waals surface area contributed by atoms with Gasteiger partial charge in [-0.05, 0) is 19.9 Å². The van der Waals surface area contributed by atoms with Crippen molar-refractivity contribution in [1.29, 1.82) is 5.26 Å². The Kier molecular flexibility index (Phi) is 3.49. The van der Waals surface area contributed by atoms with Gasteiger partial charge in [-0.2, -0.15) is 5.26 Å². The van der Waals surface area contributed by atoms with E-state index in [9.17, 15) is 0 Å². The lowest BCUT2D eigenvalue weighted by molar-refractivity contribution is 0.0660. The number of para-hydroxylation sites is 1. The molecule has 0 amide bonds. The van der Waals surface area contributed by atoms with Crippen molar-refractivity contribution in [3.63, 3.8) is 0 Å². The van der Waals surface area contributed by atoms with Crippen LogP contribution in [0.5, 0.6) is 0 Å². The Morgan fingerprint density at radius 3 is 2.79 bits per heavy atom. The van der Waals surface area contributed by atoms with Crippen molar-refractivity contribution >= 4 is 5.69 Å². The summed E-state index contributed by atoms with van der Waals surface area (Å²) in [5.41, 5.74) is 7.68. The van der Waals surface area contributed by atoms with E-state index < -0.39 is 0 Å². The third kappa shape index (κ3) is 2.48. The predicted octanol–water partition coefficient (Wildman–Crippen LogP) is 2.07. The van der Waals surface area contributed by atoms with Crippen LogP contribution in [0.2, 0.25) is 0 Å². The van der Waals surface area contributed by atoms with E-state index in [2.05, 4.69) is 0 Å². The van der Waals surface area contributed by atoms with Crippen LogP contribution >= 0.6 is 0 Å². The molecule has 0 saturated carbocycles. The molecule has 0 atom stereocenters. The van der Waals surface area contributed by atoms with E-state index in [-0.39, 0.29) is 6.10 Å². The first kappa shape index (κ1) is 10.6. The summed E-state index contributed by atoms with van der Waals surface area (Å²) in [6, 6.07) is 7.43. The van der Waals surface area contributed by atoms with Crippen LogP contribution in [0.3, 0.4) is 0 Å². The highest BCUT2D eigenvalue weighted by molar-refractivity contribution is 5.58. The molecule has 1 aromatic rings. The van der Waals surface area contributed by atoms with E-state index in [4.69, 9.17) is 15.7 Å². The molecule has 0 aromatic heterocycles. The number of hydrogen-bond donors (Lipinski definition) is 1. The van der Waals surface area contributed by atoms with Crippen LogP contribution in [-0.2, 0) is 11.3 Å². The zero-order valence-corrected chi connectivity index (χ0v) is 8.45. The average Bonchev–Trinajstić information content (AvgIpc) is 2.16. The van der Waals surface area contributed by atoms with Crippen molar-refractivity contribution in [2.75, 3.05) is 5.73 Å². The fourth-order valence-corrected chi connectivity index (χ4v) is 1.09. The third-order valence-corrected chi connectivity index (χ3v) is 1.89. The minimum atomic E-state index is 0.167. The van der Waals surface area contributed by atoms with Crippen LogP contribution < -0.4 is 5.73 Å². The van der Waals surface area contributed by atoms with Crippen LogP contribution in [0, 0.1) is 11.3 Å². The van der Waals surface area contributed by atoms with Crippen LogP contribution in [0.1, 0.15) is 25.0 Å². The topological polar surface area (TPSA) is 59.0 Å². The summed E-state index contributed by atoms with van der Waals surface area (Å²) in [6.45, 7) is 4.38. The van der Waals surface area contributed by atoms with E-state index in [1.54, 1.807) is 6.07 Å². The molecule has 3 nitrogen and oxygen atoms in total. The quantitative estimate of drug-likeness (QED) is 0.742. The van der Waals surface area contributed by atoms with Gasteiger partial charge in [-0.3, -0.25) is 0 Å². The summed E-state index contributed by atoms with van der Waals surface area (Å²) in [5, 5.41) is 8.75. The zero-order valence-electron chi connectivity index (χ0n) is 8.45. The molecule has 0 aliphatic carbocycles. The Hall–Kier alpha value is -1.53. The molecule has 0 unspecified atom stereocenters. The fourth-order valence-electron chi connectivity index (χ4n) is 1.09. The minimum absolute atomic E-state index is 0.167. The molecule has 0 saturated heterocycles. The van der Waals surface area contributed by atoms with Gasteiger partial charge in [0.2, 0.25) is 0 Å². The van der Waals surface area contributed by atoms with Gasteiger partial charge in [0.1, 0.15) is 6.07 Å². The van der Waals surface area contributed by atoms with Gasteiger partial charge in [-0.1, -0.05) is 12.1 Å². The molecule has 0 fully saturated rings. The molecule has 0 bridgehead atoms. The van der Waals surface area contributed by atoms with Gasteiger partial charge in [0.25, 0.3) is 0 Å². The molecule has 74 valence electrons. The summed E-state index contributed by atoms with van der Waals surface area (Å²) in [5.74, 6) is 0. The van der Waals surface area contributed by atoms with Gasteiger partial charge in [-0.25, -0.2) is 0 Å². The number of benzene rings is 1. The van der Waals surface area contributed by atoms with Gasteiger partial charge < -0.3 is 10.5 Å². The number of nitrogen functional groups attached to an aromatic ring is 1. The molecule has 2 N–H and O–H groups in total. The third-order valence-electron chi connectivity index (χ3n) is 1.89. The van der Waals surface area contributed by atoms with Crippen molar-refractivity contribution in [3.05, 3.63) is 29.3 Å². The minimum Gasteiger partial charge on any atom is -0.397 e. The summed E-state index contributed by atoms with van der Waals surface area (Å²) in [7, 11) is 0. The number of anilines is 1. The lowest BCUT2D eigenvalue weighted by atomic mass is 10.1. The van der Waals surface area contributed by atoms with E-state index in [0.717, 1.165) is 5.56 Å². The number of nitrogens with two attached hydrogens (primary N) is 1. The SMILES string of the molecule is CC(C)OCc1cccc(C#N)c1N. The summed E-state index contributed by atoms with van der Waals surface area (Å²) >= 11 is 0. The van der Waals surface area contributed by atoms with E-state index in [0.29, 0.717) is 17.9 Å². The average molecular weight is 190 g/mol. The standard InChI is InChI=1S/C11H14N2O/c1-8(2)14-7-10-5-3-4-9(6-12)11(10)13/h3-5,8H,7,13H2,1-2H3. The van der Waals surface area contributed by atoms with Gasteiger partial charge in [0, 0.05) is 5.56 Å². The number of ether oxygens (including phenoxy) is 1. The molecule has 1 rings (SSSR count). The summed E-state index contributed by atoms with van der Waals surface area (Å²) in [6.07, 6.45) is 0.167. The molecular weight excluding hydrogens is 176 g/mol. The maximum absolute atomic E-state index is 8.75. The van der Waals surface area contributed by atoms with E-state index >= 15 is 0 Å². The largest absolute Gasteiger partial charge is 0.397 e. The zero-order chi connectivity index (χ0) is 10.6. The highest BCUT2D eigenvalue weighted by Crippen LogP contribution is 2.17. The first-order chi connectivity index (χ1) is 6.65. The van der Waals surface area contributed by atoms with E-state index in [1.165, 1.54) is 0 Å². The second-order valence-electron chi connectivity index (χ2n) is 3.35. The molecule has 3 heteroatoms. The normalized spacial score (nSPS) is 10.1. The van der Waals surface area contributed by atoms with Crippen LogP contribution in [0.4, 0.5) is 5.69 Å². The van der Waals surface area contributed by atoms with Crippen molar-refractivity contribution in [2.45, 2.75) is 26.6 Å². The smallest absolute Gasteiger partial charge is 0.101 e. The van der Waals surface area contributed by atoms with Crippen molar-refractivity contribution in [2.24, 2.45) is 0 Å². The number of nitrogens with zero attached hydrogens (tertiary/aromatic N) is 1. The lowest BCUT2D eigenvalue weighted by Crippen LogP contribution is -2.05. The first-order valence-electron chi connectivity index (χ1n) is 4.54. The van der Waals surface area contributed by atoms with Crippen LogP contribution in [0.25, 0.3) is 0 Å². The van der Waals surface area contributed by atoms with Gasteiger partial charge in [0.05, 0.1) is 24.0 Å². The summed E-state index contributed by atoms with van der Waals surface area (Å²) in [4.78, 5) is 0. The number of rotatable bonds is 3. The molecule has 1 aromatic carbocycles. The fraction of sp³-hybridized carbons (Fsp3) is 0.364. The second kappa shape index (κ2) is 4.64. The van der Waals surface area contributed by atoms with E-state index in [1.807, 2.05) is 32.0 Å². The molecule has 0 radical (unpaired) electrons. The predicted molar refractivity (Wildman–Crippen MR) is 55.5 cm³/mol. The van der Waals surface area contributed by atoms with Crippen LogP contribution in [0.15, 0.2) is 18.2 Å². The molecule has 0 heterocycles. The van der Waals surface area contributed by atoms with Gasteiger partial charge >= 0.3 is 0 Å². The van der Waals surface area contributed by atoms with Crippen molar-refractivity contribution < 1.29 is 4.74 Å². The number of hydrogen-bond acceptors (Lipinski definition) is 3. The van der Waals surface area contributed by atoms with Crippen molar-refractivity contribution in [1.82, 2.24) is 0 Å². The van der Waals surface area contributed by atoms with Gasteiger partial charge in [0.15, 0.2) is 0 Å². The Morgan fingerprint density at radius 1 is 1.50 bits per heavy atom. The molecule has 0 aliphatic rings. The second-order valence-corrected chi connectivity index (χ2v) is 3.35. The maximum atomic E-state index is 8.75.